The quantitative estimate of drug-likeness (QED) is 0.638. The minimum Gasteiger partial charge on any atom is -0.372 e. The van der Waals surface area contributed by atoms with Crippen LogP contribution in [0.1, 0.15) is 40.0 Å². The van der Waals surface area contributed by atoms with Crippen molar-refractivity contribution >= 4 is 0 Å². The summed E-state index contributed by atoms with van der Waals surface area (Å²) in [7, 11) is 0. The van der Waals surface area contributed by atoms with Crippen molar-refractivity contribution in [2.45, 2.75) is 46.2 Å². The molecule has 17 heavy (non-hydrogen) atoms. The van der Waals surface area contributed by atoms with Crippen molar-refractivity contribution in [1.29, 1.82) is 0 Å². The van der Waals surface area contributed by atoms with Gasteiger partial charge in [0, 0.05) is 13.2 Å². The van der Waals surface area contributed by atoms with Gasteiger partial charge in [-0.2, -0.15) is 13.2 Å². The van der Waals surface area contributed by atoms with Crippen LogP contribution in [0.3, 0.4) is 0 Å². The van der Waals surface area contributed by atoms with Crippen LogP contribution in [0.15, 0.2) is 0 Å². The Morgan fingerprint density at radius 3 is 2.29 bits per heavy atom. The fourth-order valence-corrected chi connectivity index (χ4v) is 1.46. The van der Waals surface area contributed by atoms with Gasteiger partial charge in [0.1, 0.15) is 6.61 Å². The fraction of sp³-hybridized carbons (Fsp3) is 1.00. The van der Waals surface area contributed by atoms with Crippen LogP contribution < -0.4 is 5.32 Å². The second kappa shape index (κ2) is 7.93. The van der Waals surface area contributed by atoms with E-state index in [0.29, 0.717) is 6.42 Å². The molecule has 0 aromatic carbocycles. The molecule has 1 N–H and O–H groups in total. The van der Waals surface area contributed by atoms with Crippen molar-refractivity contribution in [1.82, 2.24) is 5.32 Å². The van der Waals surface area contributed by atoms with Gasteiger partial charge in [0.15, 0.2) is 0 Å². The number of alkyl halides is 3. The van der Waals surface area contributed by atoms with Crippen LogP contribution in [0.5, 0.6) is 0 Å². The average molecular weight is 255 g/mol. The summed E-state index contributed by atoms with van der Waals surface area (Å²) >= 11 is 0. The molecule has 104 valence electrons. The van der Waals surface area contributed by atoms with E-state index in [1.54, 1.807) is 0 Å². The van der Waals surface area contributed by atoms with E-state index in [1.165, 1.54) is 0 Å². The maximum absolute atomic E-state index is 11.9. The third-order valence-electron chi connectivity index (χ3n) is 2.95. The van der Waals surface area contributed by atoms with Gasteiger partial charge in [-0.3, -0.25) is 0 Å². The molecule has 0 spiro atoms. The van der Waals surface area contributed by atoms with Crippen molar-refractivity contribution < 1.29 is 17.9 Å². The highest BCUT2D eigenvalue weighted by molar-refractivity contribution is 4.75. The first kappa shape index (κ1) is 16.7. The van der Waals surface area contributed by atoms with E-state index < -0.39 is 12.8 Å². The number of hydrogen-bond acceptors (Lipinski definition) is 2. The van der Waals surface area contributed by atoms with E-state index in [-0.39, 0.29) is 12.0 Å². The monoisotopic (exact) mass is 255 g/mol. The van der Waals surface area contributed by atoms with E-state index in [9.17, 15) is 13.2 Å². The minimum atomic E-state index is -4.22. The smallest absolute Gasteiger partial charge is 0.372 e. The van der Waals surface area contributed by atoms with Gasteiger partial charge < -0.3 is 10.1 Å². The molecule has 0 aliphatic carbocycles. The summed E-state index contributed by atoms with van der Waals surface area (Å²) in [6.45, 7) is 7.01. The van der Waals surface area contributed by atoms with Gasteiger partial charge in [-0.15, -0.1) is 0 Å². The van der Waals surface area contributed by atoms with Crippen molar-refractivity contribution in [3.05, 3.63) is 0 Å². The first-order valence-electron chi connectivity index (χ1n) is 6.18. The third-order valence-corrected chi connectivity index (χ3v) is 2.95. The lowest BCUT2D eigenvalue weighted by atomic mass is 9.84. The topological polar surface area (TPSA) is 21.3 Å². The molecule has 0 aromatic heterocycles. The van der Waals surface area contributed by atoms with Crippen LogP contribution in [0.2, 0.25) is 0 Å². The second-order valence-corrected chi connectivity index (χ2v) is 4.76. The Morgan fingerprint density at radius 2 is 1.82 bits per heavy atom. The molecule has 0 aliphatic rings. The van der Waals surface area contributed by atoms with Crippen molar-refractivity contribution in [2.75, 3.05) is 26.3 Å². The Labute approximate surface area is 102 Å². The predicted molar refractivity (Wildman–Crippen MR) is 63.0 cm³/mol. The summed E-state index contributed by atoms with van der Waals surface area (Å²) in [5.74, 6) is 0. The molecule has 0 heterocycles. The van der Waals surface area contributed by atoms with Gasteiger partial charge in [-0.05, 0) is 31.2 Å². The molecule has 0 rings (SSSR count). The highest BCUT2D eigenvalue weighted by atomic mass is 19.4. The zero-order valence-electron chi connectivity index (χ0n) is 11.0. The van der Waals surface area contributed by atoms with Crippen LogP contribution in [-0.2, 0) is 4.74 Å². The lowest BCUT2D eigenvalue weighted by Gasteiger charge is -2.28. The van der Waals surface area contributed by atoms with Gasteiger partial charge in [0.25, 0.3) is 0 Å². The highest BCUT2D eigenvalue weighted by Gasteiger charge is 2.28. The maximum Gasteiger partial charge on any atom is 0.411 e. The Kier molecular flexibility index (Phi) is 7.79. The van der Waals surface area contributed by atoms with Gasteiger partial charge >= 0.3 is 6.18 Å². The van der Waals surface area contributed by atoms with Gasteiger partial charge in [0.2, 0.25) is 0 Å². The minimum absolute atomic E-state index is 0.0147. The van der Waals surface area contributed by atoms with E-state index in [1.807, 2.05) is 0 Å². The zero-order valence-corrected chi connectivity index (χ0v) is 11.0. The molecular formula is C12H24F3NO. The molecule has 0 fully saturated rings. The molecule has 0 bridgehead atoms. The molecule has 0 amide bonds. The van der Waals surface area contributed by atoms with Gasteiger partial charge in [-0.1, -0.05) is 20.8 Å². The number of nitrogens with one attached hydrogen (secondary N) is 1. The van der Waals surface area contributed by atoms with Crippen molar-refractivity contribution in [3.8, 4) is 0 Å². The summed E-state index contributed by atoms with van der Waals surface area (Å²) in [6, 6.07) is 0. The number of ether oxygens (including phenoxy) is 1. The molecule has 5 heteroatoms. The van der Waals surface area contributed by atoms with Crippen LogP contribution in [0.25, 0.3) is 0 Å². The molecule has 0 saturated carbocycles. The van der Waals surface area contributed by atoms with Crippen molar-refractivity contribution in [3.63, 3.8) is 0 Å². The first-order valence-corrected chi connectivity index (χ1v) is 6.18. The summed E-state index contributed by atoms with van der Waals surface area (Å²) in [6.07, 6.45) is -1.58. The summed E-state index contributed by atoms with van der Waals surface area (Å²) < 4.78 is 40.3. The SMILES string of the molecule is CCCNCC(C)(CC)CCOCC(F)(F)F. The van der Waals surface area contributed by atoms with E-state index in [0.717, 1.165) is 25.9 Å². The fourth-order valence-electron chi connectivity index (χ4n) is 1.46. The van der Waals surface area contributed by atoms with Crippen LogP contribution in [0.4, 0.5) is 13.2 Å². The molecule has 0 aliphatic heterocycles. The Hall–Kier alpha value is -0.290. The molecule has 0 saturated heterocycles. The normalized spacial score (nSPS) is 15.9. The summed E-state index contributed by atoms with van der Waals surface area (Å²) in [5, 5.41) is 3.31. The molecular weight excluding hydrogens is 231 g/mol. The average Bonchev–Trinajstić information content (AvgIpc) is 2.24. The predicted octanol–water partition coefficient (Wildman–Crippen LogP) is 3.37. The van der Waals surface area contributed by atoms with E-state index in [2.05, 4.69) is 30.8 Å². The second-order valence-electron chi connectivity index (χ2n) is 4.76. The maximum atomic E-state index is 11.9. The molecule has 1 atom stereocenters. The van der Waals surface area contributed by atoms with E-state index in [4.69, 9.17) is 0 Å². The molecule has 0 aromatic rings. The van der Waals surface area contributed by atoms with Crippen LogP contribution in [-0.4, -0.2) is 32.5 Å². The lowest BCUT2D eigenvalue weighted by Crippen LogP contribution is -2.33. The Balaban J connectivity index is 3.79. The lowest BCUT2D eigenvalue weighted by molar-refractivity contribution is -0.175. The van der Waals surface area contributed by atoms with E-state index >= 15 is 0 Å². The highest BCUT2D eigenvalue weighted by Crippen LogP contribution is 2.25. The Bertz CT molecular complexity index is 197. The standard InChI is InChI=1S/C12H24F3NO/c1-4-7-16-9-11(3,5-2)6-8-17-10-12(13,14)15/h16H,4-10H2,1-3H3. The van der Waals surface area contributed by atoms with Crippen LogP contribution >= 0.6 is 0 Å². The molecule has 1 unspecified atom stereocenters. The third kappa shape index (κ3) is 9.41. The van der Waals surface area contributed by atoms with Crippen molar-refractivity contribution in [2.24, 2.45) is 5.41 Å². The van der Waals surface area contributed by atoms with Gasteiger partial charge in [0.05, 0.1) is 0 Å². The largest absolute Gasteiger partial charge is 0.411 e. The summed E-state index contributed by atoms with van der Waals surface area (Å²) in [4.78, 5) is 0. The summed E-state index contributed by atoms with van der Waals surface area (Å²) in [5.41, 5.74) is 0.0147. The first-order chi connectivity index (χ1) is 7.83. The number of rotatable bonds is 9. The van der Waals surface area contributed by atoms with Gasteiger partial charge in [-0.25, -0.2) is 0 Å². The van der Waals surface area contributed by atoms with Crippen LogP contribution in [0, 0.1) is 5.41 Å². The molecule has 2 nitrogen and oxygen atoms in total. The zero-order chi connectivity index (χ0) is 13.4. The number of hydrogen-bond donors (Lipinski definition) is 1. The number of halogens is 3. The molecule has 0 radical (unpaired) electrons. The Morgan fingerprint density at radius 1 is 1.18 bits per heavy atom.